The Balaban J connectivity index is 2.77. The van der Waals surface area contributed by atoms with E-state index in [0.29, 0.717) is 6.54 Å². The first-order chi connectivity index (χ1) is 6.70. The zero-order chi connectivity index (χ0) is 10.1. The molecule has 0 aliphatic carbocycles. The fourth-order valence-electron chi connectivity index (χ4n) is 1.52. The third-order valence-electron chi connectivity index (χ3n) is 2.21. The van der Waals surface area contributed by atoms with Crippen molar-refractivity contribution < 1.29 is 10.2 Å². The molecule has 0 fully saturated rings. The van der Waals surface area contributed by atoms with Gasteiger partial charge < -0.3 is 15.9 Å². The maximum Gasteiger partial charge on any atom is 0.123 e. The molecule has 14 heavy (non-hydrogen) atoms. The lowest BCUT2D eigenvalue weighted by atomic mass is 10.1. The normalized spacial score (nSPS) is 10.6. The van der Waals surface area contributed by atoms with Gasteiger partial charge in [0.15, 0.2) is 0 Å². The van der Waals surface area contributed by atoms with Gasteiger partial charge in [-0.3, -0.25) is 0 Å². The van der Waals surface area contributed by atoms with Crippen LogP contribution in [-0.2, 0) is 6.54 Å². The highest BCUT2D eigenvalue weighted by Gasteiger charge is 2.02. The molecule has 0 amide bonds. The van der Waals surface area contributed by atoms with E-state index in [2.05, 4.69) is 0 Å². The molecule has 0 heterocycles. The van der Waals surface area contributed by atoms with Gasteiger partial charge >= 0.3 is 0 Å². The number of hydrogen-bond donors (Lipinski definition) is 3. The Bertz CT molecular complexity index is 480. The monoisotopic (exact) mass is 189 g/mol. The average molecular weight is 189 g/mol. The van der Waals surface area contributed by atoms with Crippen LogP contribution in [0, 0.1) is 0 Å². The summed E-state index contributed by atoms with van der Waals surface area (Å²) in [6.45, 7) is 0.374. The van der Waals surface area contributed by atoms with E-state index in [1.54, 1.807) is 24.3 Å². The largest absolute Gasteiger partial charge is 0.508 e. The Morgan fingerprint density at radius 3 is 2.57 bits per heavy atom. The van der Waals surface area contributed by atoms with Crippen LogP contribution in [0.1, 0.15) is 5.56 Å². The van der Waals surface area contributed by atoms with Crippen molar-refractivity contribution in [1.82, 2.24) is 0 Å². The van der Waals surface area contributed by atoms with Crippen LogP contribution < -0.4 is 5.73 Å². The summed E-state index contributed by atoms with van der Waals surface area (Å²) in [5.41, 5.74) is 6.32. The Kier molecular flexibility index (Phi) is 2.02. The molecule has 0 spiro atoms. The predicted molar refractivity (Wildman–Crippen MR) is 55.2 cm³/mol. The zero-order valence-electron chi connectivity index (χ0n) is 7.57. The molecular weight excluding hydrogens is 178 g/mol. The van der Waals surface area contributed by atoms with E-state index in [-0.39, 0.29) is 11.5 Å². The first-order valence-electron chi connectivity index (χ1n) is 4.35. The number of fused-ring (bicyclic) bond motifs is 1. The predicted octanol–water partition coefficient (Wildman–Crippen LogP) is 1.71. The fourth-order valence-corrected chi connectivity index (χ4v) is 1.52. The Morgan fingerprint density at radius 1 is 1.07 bits per heavy atom. The van der Waals surface area contributed by atoms with Gasteiger partial charge in [0.1, 0.15) is 11.5 Å². The second-order valence-electron chi connectivity index (χ2n) is 3.22. The minimum absolute atomic E-state index is 0.186. The smallest absolute Gasteiger partial charge is 0.123 e. The first kappa shape index (κ1) is 8.84. The molecule has 72 valence electrons. The van der Waals surface area contributed by atoms with Crippen LogP contribution in [0.4, 0.5) is 0 Å². The van der Waals surface area contributed by atoms with Crippen LogP contribution in [0.2, 0.25) is 0 Å². The number of benzene rings is 2. The number of phenolic OH excluding ortho intramolecular Hbond substituents is 2. The van der Waals surface area contributed by atoms with Crippen molar-refractivity contribution in [3.05, 3.63) is 35.9 Å². The average Bonchev–Trinajstić information content (AvgIpc) is 2.16. The minimum atomic E-state index is 0.186. The van der Waals surface area contributed by atoms with Crippen LogP contribution in [-0.4, -0.2) is 10.2 Å². The van der Waals surface area contributed by atoms with Gasteiger partial charge in [0.05, 0.1) is 0 Å². The summed E-state index contributed by atoms with van der Waals surface area (Å²) < 4.78 is 0. The SMILES string of the molecule is NCc1cc(O)c2ccc(O)cc2c1. The van der Waals surface area contributed by atoms with Crippen LogP contribution in [0.5, 0.6) is 11.5 Å². The third kappa shape index (κ3) is 1.38. The second-order valence-corrected chi connectivity index (χ2v) is 3.22. The lowest BCUT2D eigenvalue weighted by Crippen LogP contribution is -1.95. The Morgan fingerprint density at radius 2 is 1.86 bits per heavy atom. The lowest BCUT2D eigenvalue weighted by Gasteiger charge is -2.04. The van der Waals surface area contributed by atoms with Gasteiger partial charge in [0.25, 0.3) is 0 Å². The van der Waals surface area contributed by atoms with Crippen molar-refractivity contribution >= 4 is 10.8 Å². The van der Waals surface area contributed by atoms with E-state index in [1.165, 1.54) is 0 Å². The van der Waals surface area contributed by atoms with Crippen molar-refractivity contribution in [2.45, 2.75) is 6.54 Å². The van der Waals surface area contributed by atoms with Crippen LogP contribution in [0.25, 0.3) is 10.8 Å². The van der Waals surface area contributed by atoms with Crippen LogP contribution >= 0.6 is 0 Å². The van der Waals surface area contributed by atoms with Crippen LogP contribution in [0.15, 0.2) is 30.3 Å². The topological polar surface area (TPSA) is 66.5 Å². The summed E-state index contributed by atoms with van der Waals surface area (Å²) in [6.07, 6.45) is 0. The van der Waals surface area contributed by atoms with Crippen molar-refractivity contribution in [3.63, 3.8) is 0 Å². The summed E-state index contributed by atoms with van der Waals surface area (Å²) in [5, 5.41) is 20.4. The number of aromatic hydroxyl groups is 2. The third-order valence-corrected chi connectivity index (χ3v) is 2.21. The number of phenols is 2. The van der Waals surface area contributed by atoms with Gasteiger partial charge in [-0.1, -0.05) is 0 Å². The molecule has 3 heteroatoms. The second kappa shape index (κ2) is 3.20. The van der Waals surface area contributed by atoms with Gasteiger partial charge in [0.2, 0.25) is 0 Å². The number of nitrogens with two attached hydrogens (primary N) is 1. The quantitative estimate of drug-likeness (QED) is 0.639. The molecule has 0 radical (unpaired) electrons. The molecular formula is C11H11NO2. The Labute approximate surface area is 81.4 Å². The zero-order valence-corrected chi connectivity index (χ0v) is 7.57. The van der Waals surface area contributed by atoms with E-state index in [9.17, 15) is 10.2 Å². The van der Waals surface area contributed by atoms with Crippen molar-refractivity contribution in [3.8, 4) is 11.5 Å². The molecule has 0 atom stereocenters. The van der Waals surface area contributed by atoms with E-state index in [0.717, 1.165) is 16.3 Å². The summed E-state index contributed by atoms with van der Waals surface area (Å²) in [6, 6.07) is 8.33. The van der Waals surface area contributed by atoms with Gasteiger partial charge in [-0.15, -0.1) is 0 Å². The molecule has 2 aromatic rings. The maximum absolute atomic E-state index is 9.64. The molecule has 0 aromatic heterocycles. The molecule has 2 rings (SSSR count). The maximum atomic E-state index is 9.64. The highest BCUT2D eigenvalue weighted by atomic mass is 16.3. The summed E-state index contributed by atoms with van der Waals surface area (Å²) >= 11 is 0. The Hall–Kier alpha value is -1.74. The highest BCUT2D eigenvalue weighted by molar-refractivity contribution is 5.89. The van der Waals surface area contributed by atoms with Crippen molar-refractivity contribution in [2.24, 2.45) is 5.73 Å². The molecule has 2 aromatic carbocycles. The molecule has 0 saturated carbocycles. The van der Waals surface area contributed by atoms with Crippen molar-refractivity contribution in [2.75, 3.05) is 0 Å². The van der Waals surface area contributed by atoms with Crippen LogP contribution in [0.3, 0.4) is 0 Å². The highest BCUT2D eigenvalue weighted by Crippen LogP contribution is 2.28. The number of rotatable bonds is 1. The summed E-state index contributed by atoms with van der Waals surface area (Å²) in [4.78, 5) is 0. The minimum Gasteiger partial charge on any atom is -0.508 e. The van der Waals surface area contributed by atoms with Crippen molar-refractivity contribution in [1.29, 1.82) is 0 Å². The van der Waals surface area contributed by atoms with E-state index in [1.807, 2.05) is 6.07 Å². The summed E-state index contributed by atoms with van der Waals surface area (Å²) in [7, 11) is 0. The number of hydrogen-bond acceptors (Lipinski definition) is 3. The van der Waals surface area contributed by atoms with Gasteiger partial charge in [-0.2, -0.15) is 0 Å². The molecule has 0 bridgehead atoms. The molecule has 0 aliphatic rings. The molecule has 0 unspecified atom stereocenters. The van der Waals surface area contributed by atoms with Gasteiger partial charge in [-0.25, -0.2) is 0 Å². The van der Waals surface area contributed by atoms with Gasteiger partial charge in [-0.05, 0) is 41.3 Å². The molecule has 4 N–H and O–H groups in total. The van der Waals surface area contributed by atoms with E-state index < -0.39 is 0 Å². The standard InChI is InChI=1S/C11H11NO2/c12-6-7-3-8-5-9(13)1-2-10(8)11(14)4-7/h1-5,13-14H,6,12H2. The molecule has 3 nitrogen and oxygen atoms in total. The summed E-state index contributed by atoms with van der Waals surface area (Å²) in [5.74, 6) is 0.383. The van der Waals surface area contributed by atoms with E-state index >= 15 is 0 Å². The molecule has 0 aliphatic heterocycles. The first-order valence-corrected chi connectivity index (χ1v) is 4.35. The molecule has 0 saturated heterocycles. The van der Waals surface area contributed by atoms with Gasteiger partial charge in [0, 0.05) is 11.9 Å². The lowest BCUT2D eigenvalue weighted by molar-refractivity contribution is 0.475. The fraction of sp³-hybridized carbons (Fsp3) is 0.0909. The van der Waals surface area contributed by atoms with E-state index in [4.69, 9.17) is 5.73 Å².